The summed E-state index contributed by atoms with van der Waals surface area (Å²) in [7, 11) is 1.31. The molecule has 2 aromatic heterocycles. The van der Waals surface area contributed by atoms with Crippen molar-refractivity contribution >= 4 is 40.5 Å². The van der Waals surface area contributed by atoms with Crippen molar-refractivity contribution in [2.24, 2.45) is 0 Å². The Morgan fingerprint density at radius 3 is 2.81 bits per heavy atom. The van der Waals surface area contributed by atoms with Crippen LogP contribution >= 0.6 is 34.5 Å². The lowest BCUT2D eigenvalue weighted by Crippen LogP contribution is -2.22. The van der Waals surface area contributed by atoms with E-state index >= 15 is 0 Å². The quantitative estimate of drug-likeness (QED) is 0.780. The number of carbonyl (C=O) groups is 1. The van der Waals surface area contributed by atoms with Gasteiger partial charge in [-0.1, -0.05) is 30.1 Å². The minimum absolute atomic E-state index is 0.160. The molecule has 7 heteroatoms. The molecule has 0 bridgehead atoms. The Morgan fingerprint density at radius 1 is 1.48 bits per heavy atom. The van der Waals surface area contributed by atoms with Gasteiger partial charge in [0, 0.05) is 5.56 Å². The van der Waals surface area contributed by atoms with Crippen LogP contribution in [0.15, 0.2) is 22.6 Å². The van der Waals surface area contributed by atoms with Crippen LogP contribution in [0.5, 0.6) is 0 Å². The van der Waals surface area contributed by atoms with Gasteiger partial charge in [0.1, 0.15) is 5.76 Å². The Labute approximate surface area is 137 Å². The van der Waals surface area contributed by atoms with E-state index in [1.165, 1.54) is 18.4 Å². The number of halogens is 2. The fourth-order valence-electron chi connectivity index (χ4n) is 1.92. The van der Waals surface area contributed by atoms with Gasteiger partial charge in [0.2, 0.25) is 5.76 Å². The molecule has 0 aliphatic rings. The molecule has 2 aromatic rings. The lowest BCUT2D eigenvalue weighted by Gasteiger charge is -2.15. The van der Waals surface area contributed by atoms with Crippen LogP contribution in [-0.2, 0) is 4.74 Å². The highest BCUT2D eigenvalue weighted by atomic mass is 35.5. The average Bonchev–Trinajstić information content (AvgIpc) is 3.06. The molecule has 0 amide bonds. The van der Waals surface area contributed by atoms with Crippen molar-refractivity contribution < 1.29 is 13.9 Å². The second-order valence-electron chi connectivity index (χ2n) is 4.36. The number of hydrogen-bond donors (Lipinski definition) is 1. The van der Waals surface area contributed by atoms with Crippen LogP contribution in [0.3, 0.4) is 0 Å². The van der Waals surface area contributed by atoms with Gasteiger partial charge < -0.3 is 14.5 Å². The van der Waals surface area contributed by atoms with Crippen LogP contribution in [0, 0.1) is 0 Å². The molecule has 2 rings (SSSR count). The van der Waals surface area contributed by atoms with Gasteiger partial charge in [-0.25, -0.2) is 4.79 Å². The van der Waals surface area contributed by atoms with Gasteiger partial charge >= 0.3 is 5.97 Å². The topological polar surface area (TPSA) is 51.5 Å². The molecule has 0 saturated carbocycles. The molecule has 0 spiro atoms. The highest BCUT2D eigenvalue weighted by Crippen LogP contribution is 2.37. The molecular weight excluding hydrogens is 333 g/mol. The van der Waals surface area contributed by atoms with Crippen molar-refractivity contribution in [2.75, 3.05) is 13.7 Å². The molecule has 1 atom stereocenters. The second-order valence-corrected chi connectivity index (χ2v) is 6.65. The number of methoxy groups -OCH3 is 1. The predicted molar refractivity (Wildman–Crippen MR) is 84.5 cm³/mol. The number of carbonyl (C=O) groups excluding carboxylic acids is 1. The van der Waals surface area contributed by atoms with Gasteiger partial charge in [-0.3, -0.25) is 0 Å². The number of ether oxygens (including phenoxy) is 1. The summed E-state index contributed by atoms with van der Waals surface area (Å²) in [6.07, 6.45) is 0.955. The van der Waals surface area contributed by atoms with Gasteiger partial charge in [0.05, 0.1) is 21.8 Å². The third kappa shape index (κ3) is 3.80. The molecule has 0 radical (unpaired) electrons. The predicted octanol–water partition coefficient (Wildman–Crippen LogP) is 4.52. The standard InChI is InChI=1S/C14H15Cl2NO3S/c1-3-6-17-12(8-7-11(15)21-13(8)16)9-4-5-10(20-9)14(18)19-2/h4-5,7,12,17H,3,6H2,1-2H3. The fraction of sp³-hybridized carbons (Fsp3) is 0.357. The van der Waals surface area contributed by atoms with Crippen molar-refractivity contribution in [3.05, 3.63) is 44.0 Å². The van der Waals surface area contributed by atoms with Gasteiger partial charge in [0.25, 0.3) is 0 Å². The maximum atomic E-state index is 11.5. The van der Waals surface area contributed by atoms with E-state index in [-0.39, 0.29) is 11.8 Å². The Hall–Kier alpha value is -1.01. The van der Waals surface area contributed by atoms with Crippen molar-refractivity contribution in [1.82, 2.24) is 5.32 Å². The molecule has 1 unspecified atom stereocenters. The van der Waals surface area contributed by atoms with Crippen molar-refractivity contribution in [1.29, 1.82) is 0 Å². The molecule has 4 nitrogen and oxygen atoms in total. The number of nitrogens with one attached hydrogen (secondary N) is 1. The Balaban J connectivity index is 2.33. The summed E-state index contributed by atoms with van der Waals surface area (Å²) >= 11 is 13.5. The summed E-state index contributed by atoms with van der Waals surface area (Å²) in [5, 5.41) is 3.34. The smallest absolute Gasteiger partial charge is 0.373 e. The highest BCUT2D eigenvalue weighted by Gasteiger charge is 2.23. The van der Waals surface area contributed by atoms with E-state index in [1.54, 1.807) is 12.1 Å². The first kappa shape index (κ1) is 16.4. The Morgan fingerprint density at radius 2 is 2.24 bits per heavy atom. The Kier molecular flexibility index (Phi) is 5.70. The summed E-state index contributed by atoms with van der Waals surface area (Å²) in [5.74, 6) is 0.249. The second kappa shape index (κ2) is 7.31. The number of esters is 1. The zero-order valence-corrected chi connectivity index (χ0v) is 13.9. The maximum absolute atomic E-state index is 11.5. The van der Waals surface area contributed by atoms with Crippen molar-refractivity contribution in [3.63, 3.8) is 0 Å². The van der Waals surface area contributed by atoms with Crippen LogP contribution < -0.4 is 5.32 Å². The lowest BCUT2D eigenvalue weighted by atomic mass is 10.1. The summed E-state index contributed by atoms with van der Waals surface area (Å²) in [4.78, 5) is 11.5. The first-order chi connectivity index (χ1) is 10.1. The normalized spacial score (nSPS) is 12.4. The lowest BCUT2D eigenvalue weighted by molar-refractivity contribution is 0.0562. The van der Waals surface area contributed by atoms with Gasteiger partial charge in [0.15, 0.2) is 0 Å². The third-order valence-electron chi connectivity index (χ3n) is 2.89. The largest absolute Gasteiger partial charge is 0.463 e. The van der Waals surface area contributed by atoms with E-state index < -0.39 is 5.97 Å². The third-order valence-corrected chi connectivity index (χ3v) is 4.41. The van der Waals surface area contributed by atoms with E-state index in [9.17, 15) is 4.79 Å². The molecule has 0 aliphatic heterocycles. The van der Waals surface area contributed by atoms with E-state index in [0.717, 1.165) is 18.5 Å². The van der Waals surface area contributed by atoms with Crippen LogP contribution in [0.1, 0.15) is 41.3 Å². The number of hydrogen-bond acceptors (Lipinski definition) is 5. The minimum Gasteiger partial charge on any atom is -0.463 e. The number of rotatable bonds is 6. The van der Waals surface area contributed by atoms with E-state index in [0.29, 0.717) is 14.4 Å². The summed E-state index contributed by atoms with van der Waals surface area (Å²) in [5.41, 5.74) is 0.839. The van der Waals surface area contributed by atoms with Gasteiger partial charge in [-0.05, 0) is 31.2 Å². The molecular formula is C14H15Cl2NO3S. The van der Waals surface area contributed by atoms with Crippen LogP contribution in [0.2, 0.25) is 8.67 Å². The molecule has 2 heterocycles. The zero-order valence-electron chi connectivity index (χ0n) is 11.6. The van der Waals surface area contributed by atoms with E-state index in [1.807, 2.05) is 6.07 Å². The van der Waals surface area contributed by atoms with E-state index in [2.05, 4.69) is 17.0 Å². The van der Waals surface area contributed by atoms with Crippen LogP contribution in [-0.4, -0.2) is 19.6 Å². The highest BCUT2D eigenvalue weighted by molar-refractivity contribution is 7.20. The van der Waals surface area contributed by atoms with Crippen molar-refractivity contribution in [3.8, 4) is 0 Å². The van der Waals surface area contributed by atoms with Gasteiger partial charge in [-0.15, -0.1) is 11.3 Å². The average molecular weight is 348 g/mol. The summed E-state index contributed by atoms with van der Waals surface area (Å²) in [6, 6.07) is 4.88. The van der Waals surface area contributed by atoms with E-state index in [4.69, 9.17) is 27.6 Å². The van der Waals surface area contributed by atoms with Gasteiger partial charge in [-0.2, -0.15) is 0 Å². The number of furan rings is 1. The minimum atomic E-state index is -0.509. The molecule has 0 aromatic carbocycles. The monoisotopic (exact) mass is 347 g/mol. The summed E-state index contributed by atoms with van der Waals surface area (Å²) < 4.78 is 11.4. The summed E-state index contributed by atoms with van der Waals surface area (Å²) in [6.45, 7) is 2.84. The molecule has 0 aliphatic carbocycles. The fourth-order valence-corrected chi connectivity index (χ4v) is 3.45. The maximum Gasteiger partial charge on any atom is 0.373 e. The molecule has 21 heavy (non-hydrogen) atoms. The first-order valence-electron chi connectivity index (χ1n) is 6.43. The SMILES string of the molecule is CCCNC(c1ccc(C(=O)OC)o1)c1cc(Cl)sc1Cl. The Bertz CT molecular complexity index is 624. The van der Waals surface area contributed by atoms with Crippen molar-refractivity contribution in [2.45, 2.75) is 19.4 Å². The zero-order chi connectivity index (χ0) is 15.4. The van der Waals surface area contributed by atoms with Crippen LogP contribution in [0.4, 0.5) is 0 Å². The number of thiophene rings is 1. The van der Waals surface area contributed by atoms with Crippen LogP contribution in [0.25, 0.3) is 0 Å². The molecule has 1 N–H and O–H groups in total. The first-order valence-corrected chi connectivity index (χ1v) is 8.00. The molecule has 0 saturated heterocycles. The molecule has 114 valence electrons. The molecule has 0 fully saturated rings.